The number of hydrogen-bond donors (Lipinski definition) is 4. The van der Waals surface area contributed by atoms with Crippen LogP contribution in [0.4, 0.5) is 4.79 Å². The minimum atomic E-state index is -1.57. The van der Waals surface area contributed by atoms with Crippen molar-refractivity contribution >= 4 is 18.0 Å². The summed E-state index contributed by atoms with van der Waals surface area (Å²) < 4.78 is 5.53. The second-order valence-corrected chi connectivity index (χ2v) is 9.34. The molecule has 3 rings (SSSR count). The first-order valence-electron chi connectivity index (χ1n) is 11.4. The number of rotatable bonds is 10. The predicted molar refractivity (Wildman–Crippen MR) is 127 cm³/mol. The second kappa shape index (κ2) is 10.3. The Morgan fingerprint density at radius 3 is 2.03 bits per heavy atom. The molecule has 0 aromatic heterocycles. The molecule has 0 saturated heterocycles. The lowest BCUT2D eigenvalue weighted by Crippen LogP contribution is -2.50. The molecular weight excluding hydrogens is 436 g/mol. The molecule has 2 aromatic rings. The number of carbonyl (C=O) groups excluding carboxylic acids is 2. The molecule has 0 heterocycles. The number of aliphatic hydroxyl groups is 1. The molecule has 0 radical (unpaired) electrons. The normalized spacial score (nSPS) is 15.9. The number of hydrogen-bond acceptors (Lipinski definition) is 5. The largest absolute Gasteiger partial charge is 0.481 e. The lowest BCUT2D eigenvalue weighted by molar-refractivity contribution is -0.143. The summed E-state index contributed by atoms with van der Waals surface area (Å²) in [6.45, 7) is 4.85. The summed E-state index contributed by atoms with van der Waals surface area (Å²) in [6.07, 6.45) is -0.690. The molecule has 1 aliphatic carbocycles. The van der Waals surface area contributed by atoms with E-state index in [4.69, 9.17) is 9.84 Å². The van der Waals surface area contributed by atoms with E-state index in [1.807, 2.05) is 43.3 Å². The zero-order chi connectivity index (χ0) is 24.9. The Hall–Kier alpha value is -3.39. The maximum absolute atomic E-state index is 12.7. The van der Waals surface area contributed by atoms with Crippen molar-refractivity contribution in [1.82, 2.24) is 10.6 Å². The molecule has 2 unspecified atom stereocenters. The smallest absolute Gasteiger partial charge is 0.407 e. The van der Waals surface area contributed by atoms with E-state index in [1.54, 1.807) is 6.92 Å². The summed E-state index contributed by atoms with van der Waals surface area (Å²) in [5.41, 5.74) is 1.98. The predicted octanol–water partition coefficient (Wildman–Crippen LogP) is 3.28. The lowest BCUT2D eigenvalue weighted by Gasteiger charge is -2.29. The van der Waals surface area contributed by atoms with E-state index in [2.05, 4.69) is 22.8 Å². The summed E-state index contributed by atoms with van der Waals surface area (Å²) in [5.74, 6) is -1.61. The summed E-state index contributed by atoms with van der Waals surface area (Å²) >= 11 is 0. The Morgan fingerprint density at radius 2 is 1.50 bits per heavy atom. The number of alkyl carbamates (subject to hydrolysis) is 1. The van der Waals surface area contributed by atoms with Gasteiger partial charge in [0.05, 0.1) is 17.4 Å². The minimum Gasteiger partial charge on any atom is -0.481 e. The molecule has 0 aliphatic heterocycles. The van der Waals surface area contributed by atoms with Gasteiger partial charge in [-0.25, -0.2) is 4.79 Å². The summed E-state index contributed by atoms with van der Waals surface area (Å²) in [7, 11) is 0. The van der Waals surface area contributed by atoms with Crippen LogP contribution in [0.15, 0.2) is 48.5 Å². The number of carbonyl (C=O) groups is 3. The van der Waals surface area contributed by atoms with Crippen molar-refractivity contribution in [3.05, 3.63) is 59.7 Å². The van der Waals surface area contributed by atoms with Gasteiger partial charge >= 0.3 is 12.1 Å². The highest BCUT2D eigenvalue weighted by Gasteiger charge is 2.34. The zero-order valence-electron chi connectivity index (χ0n) is 19.8. The van der Waals surface area contributed by atoms with E-state index in [0.717, 1.165) is 22.3 Å². The number of aliphatic carboxylic acids is 1. The van der Waals surface area contributed by atoms with Crippen LogP contribution in [-0.4, -0.2) is 53.5 Å². The Balaban J connectivity index is 1.56. The highest BCUT2D eigenvalue weighted by Crippen LogP contribution is 2.44. The van der Waals surface area contributed by atoms with Crippen molar-refractivity contribution in [2.45, 2.75) is 45.1 Å². The number of carboxylic acids is 1. The van der Waals surface area contributed by atoms with E-state index in [1.165, 1.54) is 6.92 Å². The van der Waals surface area contributed by atoms with E-state index in [-0.39, 0.29) is 31.5 Å². The molecule has 2 aromatic carbocycles. The Morgan fingerprint density at radius 1 is 0.941 bits per heavy atom. The van der Waals surface area contributed by atoms with Crippen molar-refractivity contribution in [3.8, 4) is 11.1 Å². The van der Waals surface area contributed by atoms with Crippen molar-refractivity contribution in [2.24, 2.45) is 5.41 Å². The van der Waals surface area contributed by atoms with Gasteiger partial charge in [0.2, 0.25) is 5.91 Å². The van der Waals surface area contributed by atoms with Crippen LogP contribution in [0.1, 0.15) is 50.7 Å². The molecular formula is C26H32N2O6. The Bertz CT molecular complexity index is 1020. The standard InChI is InChI=1S/C26H32N2O6/c1-4-25(2,23(31)27-16-26(3,33)13-22(29)30)15-28-24(32)34-14-21-19-11-7-5-9-17(19)18-10-6-8-12-20(18)21/h5-12,21,33H,4,13-16H2,1-3H3,(H,27,31)(H,28,32)(H,29,30). The van der Waals surface area contributed by atoms with Gasteiger partial charge in [0, 0.05) is 19.0 Å². The number of benzene rings is 2. The maximum atomic E-state index is 12.7. The van der Waals surface area contributed by atoms with Crippen LogP contribution in [0.5, 0.6) is 0 Å². The van der Waals surface area contributed by atoms with Gasteiger partial charge in [-0.2, -0.15) is 0 Å². The number of nitrogens with one attached hydrogen (secondary N) is 2. The van der Waals surface area contributed by atoms with Crippen molar-refractivity contribution in [1.29, 1.82) is 0 Å². The van der Waals surface area contributed by atoms with Gasteiger partial charge < -0.3 is 25.6 Å². The Labute approximate surface area is 199 Å². The van der Waals surface area contributed by atoms with Crippen LogP contribution in [-0.2, 0) is 14.3 Å². The van der Waals surface area contributed by atoms with E-state index >= 15 is 0 Å². The van der Waals surface area contributed by atoms with Crippen LogP contribution in [0.25, 0.3) is 11.1 Å². The van der Waals surface area contributed by atoms with Crippen LogP contribution >= 0.6 is 0 Å². The number of carboxylic acid groups (broad SMARTS) is 1. The third-order valence-corrected chi connectivity index (χ3v) is 6.46. The molecule has 0 saturated carbocycles. The molecule has 2 amide bonds. The zero-order valence-corrected chi connectivity index (χ0v) is 19.8. The van der Waals surface area contributed by atoms with Gasteiger partial charge in [-0.3, -0.25) is 9.59 Å². The average molecular weight is 469 g/mol. The summed E-state index contributed by atoms with van der Waals surface area (Å²) in [6, 6.07) is 16.1. The summed E-state index contributed by atoms with van der Waals surface area (Å²) in [4.78, 5) is 36.0. The number of fused-ring (bicyclic) bond motifs is 3. The van der Waals surface area contributed by atoms with Crippen molar-refractivity contribution in [2.75, 3.05) is 19.7 Å². The van der Waals surface area contributed by atoms with Crippen LogP contribution < -0.4 is 10.6 Å². The second-order valence-electron chi connectivity index (χ2n) is 9.34. The fourth-order valence-corrected chi connectivity index (χ4v) is 4.15. The number of amides is 2. The fourth-order valence-electron chi connectivity index (χ4n) is 4.15. The third-order valence-electron chi connectivity index (χ3n) is 6.46. The first kappa shape index (κ1) is 25.2. The molecule has 0 fully saturated rings. The molecule has 34 heavy (non-hydrogen) atoms. The van der Waals surface area contributed by atoms with Crippen molar-refractivity contribution < 1.29 is 29.3 Å². The molecule has 0 bridgehead atoms. The molecule has 182 valence electrons. The van der Waals surface area contributed by atoms with Crippen LogP contribution in [0, 0.1) is 5.41 Å². The molecule has 8 heteroatoms. The first-order valence-corrected chi connectivity index (χ1v) is 11.4. The highest BCUT2D eigenvalue weighted by atomic mass is 16.5. The van der Waals surface area contributed by atoms with Gasteiger partial charge in [0.25, 0.3) is 0 Å². The van der Waals surface area contributed by atoms with Gasteiger partial charge in [-0.1, -0.05) is 55.5 Å². The van der Waals surface area contributed by atoms with Crippen LogP contribution in [0.2, 0.25) is 0 Å². The Kier molecular flexibility index (Phi) is 7.61. The number of ether oxygens (including phenoxy) is 1. The topological polar surface area (TPSA) is 125 Å². The van der Waals surface area contributed by atoms with Gasteiger partial charge in [0.1, 0.15) is 6.61 Å². The van der Waals surface area contributed by atoms with Crippen LogP contribution in [0.3, 0.4) is 0 Å². The maximum Gasteiger partial charge on any atom is 0.407 e. The molecule has 1 aliphatic rings. The average Bonchev–Trinajstić information content (AvgIpc) is 3.12. The minimum absolute atomic E-state index is 0.0348. The molecule has 2 atom stereocenters. The molecule has 0 spiro atoms. The van der Waals surface area contributed by atoms with E-state index in [0.29, 0.717) is 6.42 Å². The van der Waals surface area contributed by atoms with E-state index in [9.17, 15) is 19.5 Å². The fraction of sp³-hybridized carbons (Fsp3) is 0.423. The van der Waals surface area contributed by atoms with Gasteiger partial charge in [-0.15, -0.1) is 0 Å². The molecule has 8 nitrogen and oxygen atoms in total. The summed E-state index contributed by atoms with van der Waals surface area (Å²) in [5, 5.41) is 24.3. The van der Waals surface area contributed by atoms with Crippen molar-refractivity contribution in [3.63, 3.8) is 0 Å². The third kappa shape index (κ3) is 5.75. The van der Waals surface area contributed by atoms with Gasteiger partial charge in [-0.05, 0) is 42.5 Å². The first-order chi connectivity index (χ1) is 16.1. The van der Waals surface area contributed by atoms with Gasteiger partial charge in [0.15, 0.2) is 0 Å². The quantitative estimate of drug-likeness (QED) is 0.424. The molecule has 4 N–H and O–H groups in total. The SMILES string of the molecule is CCC(C)(CNC(=O)OCC1c2ccccc2-c2ccccc21)C(=O)NCC(C)(O)CC(=O)O. The lowest BCUT2D eigenvalue weighted by atomic mass is 9.86. The monoisotopic (exact) mass is 468 g/mol. The van der Waals surface area contributed by atoms with E-state index < -0.39 is 29.5 Å². The highest BCUT2D eigenvalue weighted by molar-refractivity contribution is 5.83.